The monoisotopic (exact) mass is 223 g/mol. The van der Waals surface area contributed by atoms with E-state index in [1.807, 2.05) is 13.0 Å². The van der Waals surface area contributed by atoms with Crippen LogP contribution in [-0.2, 0) is 6.54 Å². The fourth-order valence-electron chi connectivity index (χ4n) is 2.38. The van der Waals surface area contributed by atoms with Gasteiger partial charge in [0, 0.05) is 6.07 Å². The van der Waals surface area contributed by atoms with E-state index >= 15 is 0 Å². The van der Waals surface area contributed by atoms with Crippen LogP contribution in [0.5, 0.6) is 0 Å². The van der Waals surface area contributed by atoms with Crippen molar-refractivity contribution in [1.29, 1.82) is 0 Å². The Kier molecular flexibility index (Phi) is 3.96. The molecule has 4 nitrogen and oxygen atoms in total. The third kappa shape index (κ3) is 3.06. The molecular formula is C12H21N3O. The van der Waals surface area contributed by atoms with E-state index in [0.29, 0.717) is 0 Å². The number of nitrogens with zero attached hydrogens (tertiary/aromatic N) is 2. The Morgan fingerprint density at radius 3 is 2.81 bits per heavy atom. The lowest BCUT2D eigenvalue weighted by Crippen LogP contribution is -2.33. The summed E-state index contributed by atoms with van der Waals surface area (Å²) in [4.78, 5) is 2.44. The summed E-state index contributed by atoms with van der Waals surface area (Å²) in [7, 11) is 0. The van der Waals surface area contributed by atoms with Crippen LogP contribution in [0.2, 0.25) is 0 Å². The van der Waals surface area contributed by atoms with Gasteiger partial charge in [-0.3, -0.25) is 4.90 Å². The van der Waals surface area contributed by atoms with E-state index in [0.717, 1.165) is 43.6 Å². The lowest BCUT2D eigenvalue weighted by atomic mass is 9.93. The summed E-state index contributed by atoms with van der Waals surface area (Å²) in [6.07, 6.45) is 3.71. The number of aryl methyl sites for hydroxylation is 1. The number of aromatic nitrogens is 1. The van der Waals surface area contributed by atoms with Crippen molar-refractivity contribution in [3.8, 4) is 0 Å². The molecule has 0 bridgehead atoms. The van der Waals surface area contributed by atoms with Gasteiger partial charge in [-0.15, -0.1) is 0 Å². The maximum Gasteiger partial charge on any atom is 0.150 e. The van der Waals surface area contributed by atoms with E-state index in [1.165, 1.54) is 19.3 Å². The number of likely N-dealkylation sites (tertiary alicyclic amines) is 1. The van der Waals surface area contributed by atoms with Crippen molar-refractivity contribution in [2.24, 2.45) is 11.7 Å². The highest BCUT2D eigenvalue weighted by Gasteiger charge is 2.19. The summed E-state index contributed by atoms with van der Waals surface area (Å²) in [5, 5.41) is 3.91. The molecule has 0 aromatic carbocycles. The third-order valence-electron chi connectivity index (χ3n) is 3.34. The molecule has 2 rings (SSSR count). The zero-order valence-corrected chi connectivity index (χ0v) is 9.98. The van der Waals surface area contributed by atoms with E-state index in [-0.39, 0.29) is 0 Å². The standard InChI is InChI=1S/C12H21N3O/c1-10-8-12(16-14-10)9-15-6-3-11(2-5-13)4-7-15/h8,11H,2-7,9,13H2,1H3. The Bertz CT molecular complexity index is 316. The van der Waals surface area contributed by atoms with Crippen LogP contribution in [0.1, 0.15) is 30.7 Å². The van der Waals surface area contributed by atoms with Gasteiger partial charge in [0.05, 0.1) is 12.2 Å². The highest BCUT2D eigenvalue weighted by molar-refractivity contribution is 5.02. The number of hydrogen-bond acceptors (Lipinski definition) is 4. The number of piperidine rings is 1. The Hall–Kier alpha value is -0.870. The van der Waals surface area contributed by atoms with E-state index < -0.39 is 0 Å². The second-order valence-electron chi connectivity index (χ2n) is 4.73. The quantitative estimate of drug-likeness (QED) is 0.841. The van der Waals surface area contributed by atoms with E-state index in [9.17, 15) is 0 Å². The maximum absolute atomic E-state index is 5.58. The number of hydrogen-bond donors (Lipinski definition) is 1. The fourth-order valence-corrected chi connectivity index (χ4v) is 2.38. The molecule has 90 valence electrons. The van der Waals surface area contributed by atoms with Crippen molar-refractivity contribution >= 4 is 0 Å². The number of nitrogens with two attached hydrogens (primary N) is 1. The van der Waals surface area contributed by atoms with Gasteiger partial charge in [-0.1, -0.05) is 5.16 Å². The summed E-state index contributed by atoms with van der Waals surface area (Å²) in [6.45, 7) is 6.00. The van der Waals surface area contributed by atoms with E-state index in [1.54, 1.807) is 0 Å². The van der Waals surface area contributed by atoms with Crippen LogP contribution in [-0.4, -0.2) is 29.7 Å². The van der Waals surface area contributed by atoms with Crippen molar-refractivity contribution in [2.45, 2.75) is 32.7 Å². The molecule has 2 N–H and O–H groups in total. The van der Waals surface area contributed by atoms with Crippen LogP contribution in [0.4, 0.5) is 0 Å². The summed E-state index contributed by atoms with van der Waals surface area (Å²) in [5.74, 6) is 1.81. The largest absolute Gasteiger partial charge is 0.360 e. The number of rotatable bonds is 4. The van der Waals surface area contributed by atoms with Gasteiger partial charge in [0.1, 0.15) is 0 Å². The van der Waals surface area contributed by atoms with Gasteiger partial charge in [-0.2, -0.15) is 0 Å². The SMILES string of the molecule is Cc1cc(CN2CCC(CCN)CC2)on1. The first-order chi connectivity index (χ1) is 7.78. The van der Waals surface area contributed by atoms with Crippen LogP contribution in [0.25, 0.3) is 0 Å². The molecule has 1 aliphatic heterocycles. The van der Waals surface area contributed by atoms with Crippen molar-refractivity contribution in [3.05, 3.63) is 17.5 Å². The summed E-state index contributed by atoms with van der Waals surface area (Å²) in [6, 6.07) is 2.02. The second kappa shape index (κ2) is 5.46. The molecule has 1 aromatic heterocycles. The fraction of sp³-hybridized carbons (Fsp3) is 0.750. The molecule has 1 aromatic rings. The van der Waals surface area contributed by atoms with Gasteiger partial charge >= 0.3 is 0 Å². The molecule has 0 amide bonds. The normalized spacial score (nSPS) is 19.1. The van der Waals surface area contributed by atoms with Crippen molar-refractivity contribution < 1.29 is 4.52 Å². The van der Waals surface area contributed by atoms with Gasteiger partial charge in [-0.05, 0) is 51.7 Å². The average Bonchev–Trinajstić information content (AvgIpc) is 2.67. The molecule has 0 unspecified atom stereocenters. The van der Waals surface area contributed by atoms with Gasteiger partial charge in [0.25, 0.3) is 0 Å². The van der Waals surface area contributed by atoms with Crippen LogP contribution >= 0.6 is 0 Å². The first kappa shape index (κ1) is 11.6. The van der Waals surface area contributed by atoms with Gasteiger partial charge in [0.2, 0.25) is 0 Å². The van der Waals surface area contributed by atoms with Crippen LogP contribution in [0.15, 0.2) is 10.6 Å². The first-order valence-electron chi connectivity index (χ1n) is 6.12. The zero-order chi connectivity index (χ0) is 11.4. The summed E-state index contributed by atoms with van der Waals surface area (Å²) >= 11 is 0. The second-order valence-corrected chi connectivity index (χ2v) is 4.73. The van der Waals surface area contributed by atoms with E-state index in [2.05, 4.69) is 10.1 Å². The molecule has 0 aliphatic carbocycles. The molecule has 1 aliphatic rings. The van der Waals surface area contributed by atoms with Gasteiger partial charge in [0.15, 0.2) is 5.76 Å². The van der Waals surface area contributed by atoms with Crippen LogP contribution in [0.3, 0.4) is 0 Å². The highest BCUT2D eigenvalue weighted by atomic mass is 16.5. The van der Waals surface area contributed by atoms with E-state index in [4.69, 9.17) is 10.3 Å². The minimum Gasteiger partial charge on any atom is -0.360 e. The Morgan fingerprint density at radius 1 is 1.50 bits per heavy atom. The molecular weight excluding hydrogens is 202 g/mol. The smallest absolute Gasteiger partial charge is 0.150 e. The van der Waals surface area contributed by atoms with Crippen molar-refractivity contribution in [2.75, 3.05) is 19.6 Å². The molecule has 1 saturated heterocycles. The Labute approximate surface area is 96.8 Å². The first-order valence-corrected chi connectivity index (χ1v) is 6.12. The molecule has 0 saturated carbocycles. The molecule has 2 heterocycles. The lowest BCUT2D eigenvalue weighted by molar-refractivity contribution is 0.158. The molecule has 0 radical (unpaired) electrons. The summed E-state index contributed by atoms with van der Waals surface area (Å²) < 4.78 is 5.23. The minimum absolute atomic E-state index is 0.825. The molecule has 0 atom stereocenters. The Balaban J connectivity index is 1.77. The van der Waals surface area contributed by atoms with Gasteiger partial charge in [-0.25, -0.2) is 0 Å². The van der Waals surface area contributed by atoms with Crippen molar-refractivity contribution in [3.63, 3.8) is 0 Å². The van der Waals surface area contributed by atoms with Crippen LogP contribution in [0, 0.1) is 12.8 Å². The third-order valence-corrected chi connectivity index (χ3v) is 3.34. The van der Waals surface area contributed by atoms with Crippen molar-refractivity contribution in [1.82, 2.24) is 10.1 Å². The maximum atomic E-state index is 5.58. The highest BCUT2D eigenvalue weighted by Crippen LogP contribution is 2.21. The predicted molar refractivity (Wildman–Crippen MR) is 62.9 cm³/mol. The van der Waals surface area contributed by atoms with Gasteiger partial charge < -0.3 is 10.3 Å². The predicted octanol–water partition coefficient (Wildman–Crippen LogP) is 1.54. The summed E-state index contributed by atoms with van der Waals surface area (Å²) in [5.41, 5.74) is 6.55. The zero-order valence-electron chi connectivity index (χ0n) is 9.98. The molecule has 0 spiro atoms. The molecule has 4 heteroatoms. The molecule has 16 heavy (non-hydrogen) atoms. The molecule has 1 fully saturated rings. The average molecular weight is 223 g/mol. The topological polar surface area (TPSA) is 55.3 Å². The lowest BCUT2D eigenvalue weighted by Gasteiger charge is -2.30. The Morgan fingerprint density at radius 2 is 2.25 bits per heavy atom. The minimum atomic E-state index is 0.825. The van der Waals surface area contributed by atoms with Crippen LogP contribution < -0.4 is 5.73 Å².